The summed E-state index contributed by atoms with van der Waals surface area (Å²) in [5.74, 6) is -0.102. The normalized spacial score (nSPS) is 11.4. The molecular weight excluding hydrogens is 291 g/mol. The maximum absolute atomic E-state index is 12.7. The van der Waals surface area contributed by atoms with Gasteiger partial charge in [0.1, 0.15) is 5.03 Å². The summed E-state index contributed by atoms with van der Waals surface area (Å²) in [4.78, 5) is 15.4. The fourth-order valence-corrected chi connectivity index (χ4v) is 2.10. The zero-order valence-electron chi connectivity index (χ0n) is 10.6. The van der Waals surface area contributed by atoms with E-state index in [0.717, 1.165) is 23.5 Å². The highest BCUT2D eigenvalue weighted by Crippen LogP contribution is 2.32. The van der Waals surface area contributed by atoms with Gasteiger partial charge in [0, 0.05) is 25.0 Å². The number of aromatic nitrogens is 4. The lowest BCUT2D eigenvalue weighted by Crippen LogP contribution is -2.11. The van der Waals surface area contributed by atoms with Crippen molar-refractivity contribution in [3.8, 4) is 0 Å². The van der Waals surface area contributed by atoms with E-state index in [4.69, 9.17) is 0 Å². The minimum absolute atomic E-state index is 0.102. The lowest BCUT2D eigenvalue weighted by Gasteiger charge is -2.09. The molecule has 9 heteroatoms. The first-order valence-corrected chi connectivity index (χ1v) is 6.31. The molecule has 0 aromatic carbocycles. The van der Waals surface area contributed by atoms with Crippen LogP contribution >= 0.6 is 11.8 Å². The Morgan fingerprint density at radius 2 is 1.95 bits per heavy atom. The van der Waals surface area contributed by atoms with Gasteiger partial charge in [0.05, 0.1) is 0 Å². The SMILES string of the molecule is CNc1nc(Sc2nccc(C)n2)cc(C(F)(F)F)n1. The zero-order valence-corrected chi connectivity index (χ0v) is 11.4. The molecule has 0 amide bonds. The molecule has 0 aliphatic rings. The molecule has 0 saturated carbocycles. The number of nitrogens with zero attached hydrogens (tertiary/aromatic N) is 4. The molecule has 0 aliphatic carbocycles. The fraction of sp³-hybridized carbons (Fsp3) is 0.273. The Bertz CT molecular complexity index is 617. The van der Waals surface area contributed by atoms with E-state index in [-0.39, 0.29) is 11.0 Å². The third kappa shape index (κ3) is 3.56. The molecule has 2 heterocycles. The molecule has 2 aromatic rings. The van der Waals surface area contributed by atoms with Crippen molar-refractivity contribution < 1.29 is 13.2 Å². The summed E-state index contributed by atoms with van der Waals surface area (Å²) in [5.41, 5.74) is -0.284. The Labute approximate surface area is 117 Å². The molecule has 20 heavy (non-hydrogen) atoms. The number of halogens is 3. The van der Waals surface area contributed by atoms with E-state index in [2.05, 4.69) is 25.3 Å². The van der Waals surface area contributed by atoms with Crippen molar-refractivity contribution in [3.05, 3.63) is 29.7 Å². The minimum Gasteiger partial charge on any atom is -0.357 e. The van der Waals surface area contributed by atoms with Gasteiger partial charge in [0.25, 0.3) is 0 Å². The molecule has 0 unspecified atom stereocenters. The number of anilines is 1. The van der Waals surface area contributed by atoms with Crippen LogP contribution in [0.15, 0.2) is 28.5 Å². The van der Waals surface area contributed by atoms with Gasteiger partial charge in [0.15, 0.2) is 10.9 Å². The van der Waals surface area contributed by atoms with E-state index in [1.54, 1.807) is 13.0 Å². The van der Waals surface area contributed by atoms with Crippen LogP contribution in [0.25, 0.3) is 0 Å². The van der Waals surface area contributed by atoms with Crippen LogP contribution in [0.3, 0.4) is 0 Å². The summed E-state index contributed by atoms with van der Waals surface area (Å²) in [6, 6.07) is 2.57. The highest BCUT2D eigenvalue weighted by atomic mass is 32.2. The van der Waals surface area contributed by atoms with Gasteiger partial charge in [-0.25, -0.2) is 19.9 Å². The summed E-state index contributed by atoms with van der Waals surface area (Å²) in [5, 5.41) is 2.96. The van der Waals surface area contributed by atoms with Gasteiger partial charge in [-0.15, -0.1) is 0 Å². The van der Waals surface area contributed by atoms with E-state index in [9.17, 15) is 13.2 Å². The van der Waals surface area contributed by atoms with Crippen LogP contribution in [0.2, 0.25) is 0 Å². The summed E-state index contributed by atoms with van der Waals surface area (Å²) in [6.07, 6.45) is -2.99. The molecule has 1 N–H and O–H groups in total. The Morgan fingerprint density at radius 3 is 2.55 bits per heavy atom. The standard InChI is InChI=1S/C11H10F3N5S/c1-6-3-4-16-10(17-6)20-8-5-7(11(12,13)14)18-9(15-2)19-8/h3-5H,1-2H3,(H,15,18,19). The molecule has 0 spiro atoms. The maximum atomic E-state index is 12.7. The van der Waals surface area contributed by atoms with E-state index in [1.165, 1.54) is 13.2 Å². The average molecular weight is 301 g/mol. The minimum atomic E-state index is -4.53. The number of hydrogen-bond donors (Lipinski definition) is 1. The topological polar surface area (TPSA) is 63.6 Å². The van der Waals surface area contributed by atoms with Gasteiger partial charge in [-0.1, -0.05) is 0 Å². The van der Waals surface area contributed by atoms with Crippen LogP contribution in [-0.4, -0.2) is 27.0 Å². The molecule has 0 saturated heterocycles. The van der Waals surface area contributed by atoms with Crippen LogP contribution in [0.4, 0.5) is 19.1 Å². The first kappa shape index (κ1) is 14.5. The lowest BCUT2D eigenvalue weighted by atomic mass is 10.4. The van der Waals surface area contributed by atoms with Gasteiger partial charge in [-0.3, -0.25) is 0 Å². The molecule has 5 nitrogen and oxygen atoms in total. The number of nitrogens with one attached hydrogen (secondary N) is 1. The molecule has 0 fully saturated rings. The third-order valence-corrected chi connectivity index (χ3v) is 2.98. The van der Waals surface area contributed by atoms with Crippen molar-refractivity contribution in [2.24, 2.45) is 0 Å². The summed E-state index contributed by atoms with van der Waals surface area (Å²) < 4.78 is 38.2. The lowest BCUT2D eigenvalue weighted by molar-refractivity contribution is -0.141. The molecular formula is C11H10F3N5S. The average Bonchev–Trinajstić information content (AvgIpc) is 2.37. The molecule has 0 atom stereocenters. The largest absolute Gasteiger partial charge is 0.433 e. The van der Waals surface area contributed by atoms with Gasteiger partial charge in [-0.2, -0.15) is 13.2 Å². The van der Waals surface area contributed by atoms with Gasteiger partial charge >= 0.3 is 6.18 Å². The van der Waals surface area contributed by atoms with Crippen molar-refractivity contribution in [2.45, 2.75) is 23.3 Å². The van der Waals surface area contributed by atoms with Crippen LogP contribution in [0.5, 0.6) is 0 Å². The van der Waals surface area contributed by atoms with Crippen LogP contribution in [0, 0.1) is 6.92 Å². The fourth-order valence-electron chi connectivity index (χ4n) is 1.30. The maximum Gasteiger partial charge on any atom is 0.433 e. The molecule has 0 bridgehead atoms. The first-order valence-electron chi connectivity index (χ1n) is 5.50. The number of hydrogen-bond acceptors (Lipinski definition) is 6. The number of aryl methyl sites for hydroxylation is 1. The summed E-state index contributed by atoms with van der Waals surface area (Å²) in [7, 11) is 1.45. The second kappa shape index (κ2) is 5.61. The predicted octanol–water partition coefficient (Wildman–Crippen LogP) is 2.79. The van der Waals surface area contributed by atoms with E-state index in [1.807, 2.05) is 0 Å². The molecule has 0 radical (unpaired) electrons. The van der Waals surface area contributed by atoms with Crippen molar-refractivity contribution in [1.82, 2.24) is 19.9 Å². The van der Waals surface area contributed by atoms with Crippen molar-refractivity contribution >= 4 is 17.7 Å². The molecule has 2 rings (SSSR count). The molecule has 0 aliphatic heterocycles. The Hall–Kier alpha value is -1.90. The zero-order chi connectivity index (χ0) is 14.8. The van der Waals surface area contributed by atoms with Gasteiger partial charge in [-0.05, 0) is 24.8 Å². The van der Waals surface area contributed by atoms with Crippen LogP contribution in [-0.2, 0) is 6.18 Å². The molecule has 106 valence electrons. The van der Waals surface area contributed by atoms with Gasteiger partial charge in [0.2, 0.25) is 5.95 Å². The van der Waals surface area contributed by atoms with Gasteiger partial charge < -0.3 is 5.32 Å². The Balaban J connectivity index is 2.36. The van der Waals surface area contributed by atoms with Crippen LogP contribution in [0.1, 0.15) is 11.4 Å². The van der Waals surface area contributed by atoms with Crippen molar-refractivity contribution in [2.75, 3.05) is 12.4 Å². The quantitative estimate of drug-likeness (QED) is 0.695. The van der Waals surface area contributed by atoms with E-state index < -0.39 is 11.9 Å². The Morgan fingerprint density at radius 1 is 1.20 bits per heavy atom. The van der Waals surface area contributed by atoms with E-state index in [0.29, 0.717) is 5.16 Å². The van der Waals surface area contributed by atoms with E-state index >= 15 is 0 Å². The Kier molecular flexibility index (Phi) is 4.07. The van der Waals surface area contributed by atoms with Crippen molar-refractivity contribution in [1.29, 1.82) is 0 Å². The number of alkyl halides is 3. The summed E-state index contributed by atoms with van der Waals surface area (Å²) >= 11 is 0.948. The highest BCUT2D eigenvalue weighted by Gasteiger charge is 2.33. The highest BCUT2D eigenvalue weighted by molar-refractivity contribution is 7.99. The summed E-state index contributed by atoms with van der Waals surface area (Å²) in [6.45, 7) is 1.77. The second-order valence-electron chi connectivity index (χ2n) is 3.75. The molecule has 2 aromatic heterocycles. The number of rotatable bonds is 3. The second-order valence-corrected chi connectivity index (χ2v) is 4.73. The monoisotopic (exact) mass is 301 g/mol. The predicted molar refractivity (Wildman–Crippen MR) is 67.5 cm³/mol. The van der Waals surface area contributed by atoms with Crippen LogP contribution < -0.4 is 5.32 Å². The first-order chi connectivity index (χ1) is 9.38. The third-order valence-electron chi connectivity index (χ3n) is 2.19. The van der Waals surface area contributed by atoms with Crippen molar-refractivity contribution in [3.63, 3.8) is 0 Å². The smallest absolute Gasteiger partial charge is 0.357 e.